The van der Waals surface area contributed by atoms with Crippen LogP contribution in [0.2, 0.25) is 5.02 Å². The fourth-order valence-corrected chi connectivity index (χ4v) is 5.11. The second-order valence-corrected chi connectivity index (χ2v) is 9.96. The van der Waals surface area contributed by atoms with Crippen molar-refractivity contribution in [2.24, 2.45) is 10.1 Å². The number of carbonyl (C=O) groups is 1. The Hall–Kier alpha value is -3.81. The number of thioether (sulfide) groups is 1. The molecule has 0 radical (unpaired) electrons. The molecular formula is C28H21ClN4O2S. The molecule has 0 spiro atoms. The van der Waals surface area contributed by atoms with Crippen molar-refractivity contribution in [1.29, 1.82) is 0 Å². The highest BCUT2D eigenvalue weighted by molar-refractivity contribution is 8.13. The van der Waals surface area contributed by atoms with Crippen LogP contribution in [-0.4, -0.2) is 16.1 Å². The molecule has 8 heteroatoms. The van der Waals surface area contributed by atoms with Crippen LogP contribution in [0.25, 0.3) is 17.0 Å². The summed E-state index contributed by atoms with van der Waals surface area (Å²) in [6.07, 6.45) is -0.614. The number of benzene rings is 3. The van der Waals surface area contributed by atoms with Gasteiger partial charge in [0.1, 0.15) is 11.5 Å². The Morgan fingerprint density at radius 3 is 2.58 bits per heavy atom. The molecule has 36 heavy (non-hydrogen) atoms. The zero-order valence-corrected chi connectivity index (χ0v) is 20.9. The van der Waals surface area contributed by atoms with Gasteiger partial charge in [0, 0.05) is 21.6 Å². The third kappa shape index (κ3) is 4.32. The molecule has 6 rings (SSSR count). The minimum absolute atomic E-state index is 0.215. The highest BCUT2D eigenvalue weighted by Crippen LogP contribution is 2.34. The van der Waals surface area contributed by atoms with E-state index in [2.05, 4.69) is 36.5 Å². The Bertz CT molecular complexity index is 1610. The summed E-state index contributed by atoms with van der Waals surface area (Å²) in [5.41, 5.74) is 3.72. The fraction of sp³-hybridized carbons (Fsp3) is 0.107. The number of halogens is 1. The van der Waals surface area contributed by atoms with Gasteiger partial charge in [-0.05, 0) is 55.0 Å². The van der Waals surface area contributed by atoms with Gasteiger partial charge in [-0.25, -0.2) is 10.0 Å². The number of nitrogens with zero attached hydrogens (tertiary/aromatic N) is 3. The average Bonchev–Trinajstić information content (AvgIpc) is 3.38. The Morgan fingerprint density at radius 1 is 1.00 bits per heavy atom. The first-order valence-corrected chi connectivity index (χ1v) is 12.8. The maximum absolute atomic E-state index is 13.3. The van der Waals surface area contributed by atoms with E-state index >= 15 is 0 Å². The van der Waals surface area contributed by atoms with Crippen LogP contribution in [0.5, 0.6) is 0 Å². The normalized spacial score (nSPS) is 16.6. The van der Waals surface area contributed by atoms with E-state index in [4.69, 9.17) is 26.1 Å². The maximum atomic E-state index is 13.3. The smallest absolute Gasteiger partial charge is 0.276 e. The van der Waals surface area contributed by atoms with Crippen LogP contribution in [0.15, 0.2) is 99.4 Å². The van der Waals surface area contributed by atoms with Crippen LogP contribution in [0, 0.1) is 6.92 Å². The van der Waals surface area contributed by atoms with Gasteiger partial charge in [0.25, 0.3) is 5.91 Å². The molecule has 0 saturated heterocycles. The van der Waals surface area contributed by atoms with Gasteiger partial charge >= 0.3 is 0 Å². The summed E-state index contributed by atoms with van der Waals surface area (Å²) in [6.45, 7) is 2.06. The van der Waals surface area contributed by atoms with Gasteiger partial charge in [-0.15, -0.1) is 5.10 Å². The van der Waals surface area contributed by atoms with E-state index in [0.717, 1.165) is 21.7 Å². The largest absolute Gasteiger partial charge is 0.457 e. The molecule has 4 aromatic rings. The zero-order valence-electron chi connectivity index (χ0n) is 19.3. The summed E-state index contributed by atoms with van der Waals surface area (Å²) in [4.78, 5) is 18.2. The van der Waals surface area contributed by atoms with Gasteiger partial charge in [-0.1, -0.05) is 71.4 Å². The van der Waals surface area contributed by atoms with Crippen molar-refractivity contribution in [2.45, 2.75) is 18.8 Å². The summed E-state index contributed by atoms with van der Waals surface area (Å²) >= 11 is 7.52. The first-order valence-electron chi connectivity index (χ1n) is 11.5. The van der Waals surface area contributed by atoms with E-state index < -0.39 is 6.17 Å². The molecule has 0 aliphatic carbocycles. The molecule has 2 aliphatic heterocycles. The highest BCUT2D eigenvalue weighted by Gasteiger charge is 2.36. The van der Waals surface area contributed by atoms with Crippen LogP contribution in [-0.2, 0) is 10.5 Å². The van der Waals surface area contributed by atoms with E-state index in [1.54, 1.807) is 5.01 Å². The first-order chi connectivity index (χ1) is 17.5. The Morgan fingerprint density at radius 2 is 1.78 bits per heavy atom. The van der Waals surface area contributed by atoms with Gasteiger partial charge < -0.3 is 4.42 Å². The zero-order chi connectivity index (χ0) is 24.6. The van der Waals surface area contributed by atoms with E-state index in [9.17, 15) is 4.79 Å². The molecule has 3 aromatic carbocycles. The minimum Gasteiger partial charge on any atom is -0.457 e. The van der Waals surface area contributed by atoms with Crippen LogP contribution in [0.1, 0.15) is 23.1 Å². The molecule has 0 fully saturated rings. The lowest BCUT2D eigenvalue weighted by Gasteiger charge is -2.32. The van der Waals surface area contributed by atoms with Gasteiger partial charge in [0.2, 0.25) is 6.17 Å². The lowest BCUT2D eigenvalue weighted by molar-refractivity contribution is -0.116. The number of nitrogens with one attached hydrogen (secondary N) is 1. The van der Waals surface area contributed by atoms with Gasteiger partial charge in [0.15, 0.2) is 10.9 Å². The Kier molecular flexibility index (Phi) is 5.87. The number of hydrogen-bond donors (Lipinski definition) is 1. The van der Waals surface area contributed by atoms with E-state index in [0.29, 0.717) is 33.2 Å². The second kappa shape index (κ2) is 9.33. The first kappa shape index (κ1) is 22.6. The van der Waals surface area contributed by atoms with Crippen molar-refractivity contribution in [1.82, 2.24) is 10.3 Å². The molecule has 1 amide bonds. The molecule has 3 heterocycles. The van der Waals surface area contributed by atoms with Gasteiger partial charge in [-0.3, -0.25) is 10.1 Å². The number of hydrogen-bond acceptors (Lipinski definition) is 6. The third-order valence-electron chi connectivity index (χ3n) is 6.02. The van der Waals surface area contributed by atoms with Crippen molar-refractivity contribution >= 4 is 40.1 Å². The summed E-state index contributed by atoms with van der Waals surface area (Å²) in [5.74, 6) is 1.75. The second-order valence-electron chi connectivity index (χ2n) is 8.56. The van der Waals surface area contributed by atoms with Crippen molar-refractivity contribution in [2.75, 3.05) is 0 Å². The summed E-state index contributed by atoms with van der Waals surface area (Å²) in [5, 5.41) is 12.1. The number of carbonyl (C=O) groups excluding carboxylic acids is 1. The predicted octanol–water partition coefficient (Wildman–Crippen LogP) is 4.98. The van der Waals surface area contributed by atoms with Crippen LogP contribution in [0.3, 0.4) is 0 Å². The number of amidine groups is 1. The SMILES string of the molecule is Cc1ccc(CSC2=NN3C(=c4ccccc4=NC3c3ccc(-c4ccc(Cl)cc4)o3)C(=O)N2)cc1. The summed E-state index contributed by atoms with van der Waals surface area (Å²) < 4.78 is 6.22. The van der Waals surface area contributed by atoms with E-state index in [1.165, 1.54) is 17.3 Å². The van der Waals surface area contributed by atoms with Crippen LogP contribution in [0.4, 0.5) is 0 Å². The highest BCUT2D eigenvalue weighted by atomic mass is 35.5. The summed E-state index contributed by atoms with van der Waals surface area (Å²) in [7, 11) is 0. The Labute approximate surface area is 217 Å². The molecule has 2 aliphatic rings. The molecule has 1 unspecified atom stereocenters. The number of rotatable bonds is 4. The topological polar surface area (TPSA) is 70.2 Å². The number of aryl methyl sites for hydroxylation is 1. The number of para-hydroxylation sites is 1. The van der Waals surface area contributed by atoms with Crippen molar-refractivity contribution in [3.8, 4) is 11.3 Å². The number of fused-ring (bicyclic) bond motifs is 2. The predicted molar refractivity (Wildman–Crippen MR) is 142 cm³/mol. The third-order valence-corrected chi connectivity index (χ3v) is 7.21. The molecular weight excluding hydrogens is 492 g/mol. The van der Waals surface area contributed by atoms with E-state index in [-0.39, 0.29) is 5.91 Å². The number of amides is 1. The lowest BCUT2D eigenvalue weighted by Crippen LogP contribution is -2.50. The molecule has 1 atom stereocenters. The van der Waals surface area contributed by atoms with Crippen molar-refractivity contribution < 1.29 is 9.21 Å². The molecule has 1 aromatic heterocycles. The summed E-state index contributed by atoms with van der Waals surface area (Å²) in [6, 6.07) is 27.1. The minimum atomic E-state index is -0.614. The lowest BCUT2D eigenvalue weighted by atomic mass is 10.1. The standard InChI is InChI=1S/C28H21ClN4O2S/c1-17-6-8-18(9-7-17)16-36-28-31-27(34)25-21-4-2-3-5-22(21)30-26(33(25)32-28)24-15-14-23(35-24)19-10-12-20(29)13-11-19/h2-15,26H,16H2,1H3,(H,31,32,34). The Balaban J connectivity index is 1.38. The number of hydrazone groups is 1. The molecule has 178 valence electrons. The van der Waals surface area contributed by atoms with Gasteiger partial charge in [0.05, 0.1) is 5.36 Å². The van der Waals surface area contributed by atoms with Crippen molar-refractivity contribution in [3.63, 3.8) is 0 Å². The number of furan rings is 1. The maximum Gasteiger partial charge on any atom is 0.276 e. The van der Waals surface area contributed by atoms with Crippen LogP contribution < -0.4 is 15.9 Å². The fourth-order valence-electron chi connectivity index (χ4n) is 4.17. The molecule has 1 N–H and O–H groups in total. The molecule has 6 nitrogen and oxygen atoms in total. The van der Waals surface area contributed by atoms with Crippen molar-refractivity contribution in [3.05, 3.63) is 117 Å². The average molecular weight is 513 g/mol. The van der Waals surface area contributed by atoms with Crippen LogP contribution >= 0.6 is 23.4 Å². The quantitative estimate of drug-likeness (QED) is 0.418. The van der Waals surface area contributed by atoms with Gasteiger partial charge in [-0.2, -0.15) is 0 Å². The van der Waals surface area contributed by atoms with E-state index in [1.807, 2.05) is 60.7 Å². The molecule has 0 bridgehead atoms. The molecule has 0 saturated carbocycles. The monoisotopic (exact) mass is 512 g/mol.